The third-order valence-corrected chi connectivity index (χ3v) is 6.89. The molecule has 2 fully saturated rings. The van der Waals surface area contributed by atoms with Crippen molar-refractivity contribution in [3.63, 3.8) is 0 Å². The standard InChI is InChI=1S/C15H20N2O2S.ClH/c18-20(19,17-5-1-2-6-17)13-3-4-14-11-7-12(10-16-9-11)15(14)8-13;/h3-4,8,11-12,16H,1-2,5-7,9-10H2;1H. The van der Waals surface area contributed by atoms with Gasteiger partial charge in [0.05, 0.1) is 4.90 Å². The predicted molar refractivity (Wildman–Crippen MR) is 84.7 cm³/mol. The molecule has 0 aromatic heterocycles. The SMILES string of the molecule is Cl.O=S(=O)(c1ccc2c(c1)C1CNCC2C1)N1CCCC1. The van der Waals surface area contributed by atoms with Crippen LogP contribution < -0.4 is 5.32 Å². The first kappa shape index (κ1) is 15.3. The first-order valence-electron chi connectivity index (χ1n) is 7.51. The Balaban J connectivity index is 0.00000132. The van der Waals surface area contributed by atoms with Crippen LogP contribution in [0.2, 0.25) is 0 Å². The van der Waals surface area contributed by atoms with E-state index >= 15 is 0 Å². The van der Waals surface area contributed by atoms with Gasteiger partial charge in [0.25, 0.3) is 0 Å². The van der Waals surface area contributed by atoms with E-state index in [2.05, 4.69) is 11.4 Å². The van der Waals surface area contributed by atoms with Crippen molar-refractivity contribution in [1.82, 2.24) is 9.62 Å². The Hall–Kier alpha value is -0.620. The molecule has 21 heavy (non-hydrogen) atoms. The second-order valence-corrected chi connectivity index (χ2v) is 8.13. The van der Waals surface area contributed by atoms with E-state index < -0.39 is 10.0 Å². The molecule has 0 radical (unpaired) electrons. The molecule has 2 saturated heterocycles. The van der Waals surface area contributed by atoms with Gasteiger partial charge in [-0.1, -0.05) is 6.07 Å². The molecule has 4 nitrogen and oxygen atoms in total. The molecular weight excluding hydrogens is 308 g/mol. The fourth-order valence-corrected chi connectivity index (χ4v) is 5.48. The molecule has 0 spiro atoms. The number of nitrogens with one attached hydrogen (secondary N) is 1. The van der Waals surface area contributed by atoms with Crippen LogP contribution in [0, 0.1) is 0 Å². The molecule has 6 heteroatoms. The van der Waals surface area contributed by atoms with Crippen molar-refractivity contribution in [1.29, 1.82) is 0 Å². The van der Waals surface area contributed by atoms with Crippen LogP contribution in [0.5, 0.6) is 0 Å². The van der Waals surface area contributed by atoms with Gasteiger partial charge in [-0.25, -0.2) is 8.42 Å². The highest BCUT2D eigenvalue weighted by molar-refractivity contribution is 7.89. The van der Waals surface area contributed by atoms with E-state index in [1.807, 2.05) is 12.1 Å². The van der Waals surface area contributed by atoms with E-state index in [1.165, 1.54) is 17.5 Å². The molecule has 2 atom stereocenters. The molecule has 0 amide bonds. The topological polar surface area (TPSA) is 49.4 Å². The quantitative estimate of drug-likeness (QED) is 0.904. The minimum Gasteiger partial charge on any atom is -0.316 e. The van der Waals surface area contributed by atoms with Gasteiger partial charge in [0, 0.05) is 26.2 Å². The van der Waals surface area contributed by atoms with Crippen molar-refractivity contribution in [2.75, 3.05) is 26.2 Å². The average molecular weight is 329 g/mol. The van der Waals surface area contributed by atoms with Gasteiger partial charge < -0.3 is 5.32 Å². The fraction of sp³-hybridized carbons (Fsp3) is 0.600. The number of piperidine rings is 1. The third kappa shape index (κ3) is 2.40. The molecule has 1 aliphatic carbocycles. The second-order valence-electron chi connectivity index (χ2n) is 6.19. The van der Waals surface area contributed by atoms with Gasteiger partial charge in [0.1, 0.15) is 0 Å². The number of benzene rings is 1. The van der Waals surface area contributed by atoms with Crippen LogP contribution in [0.4, 0.5) is 0 Å². The highest BCUT2D eigenvalue weighted by atomic mass is 35.5. The summed E-state index contributed by atoms with van der Waals surface area (Å²) in [5.41, 5.74) is 2.63. The van der Waals surface area contributed by atoms with Crippen molar-refractivity contribution < 1.29 is 8.42 Å². The lowest BCUT2D eigenvalue weighted by Gasteiger charge is -2.19. The van der Waals surface area contributed by atoms with Crippen molar-refractivity contribution in [2.45, 2.75) is 36.0 Å². The molecule has 2 aliphatic heterocycles. The summed E-state index contributed by atoms with van der Waals surface area (Å²) in [7, 11) is -3.28. The van der Waals surface area contributed by atoms with Crippen LogP contribution in [-0.2, 0) is 10.0 Å². The number of hydrogen-bond acceptors (Lipinski definition) is 3. The first-order chi connectivity index (χ1) is 9.66. The van der Waals surface area contributed by atoms with Crippen LogP contribution >= 0.6 is 12.4 Å². The number of halogens is 1. The number of fused-ring (bicyclic) bond motifs is 5. The molecule has 1 aromatic rings. The van der Waals surface area contributed by atoms with E-state index in [0.29, 0.717) is 29.8 Å². The molecular formula is C15H21ClN2O2S. The van der Waals surface area contributed by atoms with Gasteiger partial charge in [-0.15, -0.1) is 12.4 Å². The van der Waals surface area contributed by atoms with E-state index in [4.69, 9.17) is 0 Å². The van der Waals surface area contributed by atoms with Crippen LogP contribution in [0.15, 0.2) is 23.1 Å². The molecule has 116 valence electrons. The van der Waals surface area contributed by atoms with Gasteiger partial charge in [-0.2, -0.15) is 4.31 Å². The lowest BCUT2D eigenvalue weighted by atomic mass is 9.98. The third-order valence-electron chi connectivity index (χ3n) is 4.99. The fourth-order valence-electron chi connectivity index (χ4n) is 3.93. The average Bonchev–Trinajstić information content (AvgIpc) is 3.08. The largest absolute Gasteiger partial charge is 0.316 e. The maximum absolute atomic E-state index is 12.6. The second kappa shape index (κ2) is 5.54. The normalized spacial score (nSPS) is 28.2. The summed E-state index contributed by atoms with van der Waals surface area (Å²) in [6, 6.07) is 5.81. The summed E-state index contributed by atoms with van der Waals surface area (Å²) >= 11 is 0. The summed E-state index contributed by atoms with van der Waals surface area (Å²) in [6.07, 6.45) is 3.15. The molecule has 1 aromatic carbocycles. The summed E-state index contributed by atoms with van der Waals surface area (Å²) < 4.78 is 26.9. The lowest BCUT2D eigenvalue weighted by molar-refractivity contribution is 0.453. The lowest BCUT2D eigenvalue weighted by Crippen LogP contribution is -2.28. The number of nitrogens with zero attached hydrogens (tertiary/aromatic N) is 1. The molecule has 0 saturated carbocycles. The molecule has 2 unspecified atom stereocenters. The summed E-state index contributed by atoms with van der Waals surface area (Å²) in [5.74, 6) is 1.07. The number of rotatable bonds is 2. The monoisotopic (exact) mass is 328 g/mol. The van der Waals surface area contributed by atoms with Crippen molar-refractivity contribution in [3.8, 4) is 0 Å². The Labute approximate surface area is 132 Å². The summed E-state index contributed by atoms with van der Waals surface area (Å²) in [6.45, 7) is 3.36. The zero-order valence-electron chi connectivity index (χ0n) is 11.9. The zero-order valence-corrected chi connectivity index (χ0v) is 13.5. The van der Waals surface area contributed by atoms with Gasteiger partial charge in [-0.3, -0.25) is 0 Å². The highest BCUT2D eigenvalue weighted by Crippen LogP contribution is 2.44. The van der Waals surface area contributed by atoms with Crippen molar-refractivity contribution in [3.05, 3.63) is 29.3 Å². The van der Waals surface area contributed by atoms with E-state index in [0.717, 1.165) is 25.9 Å². The van der Waals surface area contributed by atoms with Gasteiger partial charge in [0.15, 0.2) is 0 Å². The zero-order chi connectivity index (χ0) is 13.7. The Kier molecular flexibility index (Phi) is 4.03. The smallest absolute Gasteiger partial charge is 0.243 e. The Morgan fingerprint density at radius 2 is 1.71 bits per heavy atom. The molecule has 4 rings (SSSR count). The van der Waals surface area contributed by atoms with E-state index in [-0.39, 0.29) is 12.4 Å². The number of sulfonamides is 1. The molecule has 1 N–H and O–H groups in total. The van der Waals surface area contributed by atoms with Crippen LogP contribution in [-0.4, -0.2) is 38.9 Å². The highest BCUT2D eigenvalue weighted by Gasteiger charge is 2.36. The maximum Gasteiger partial charge on any atom is 0.243 e. The first-order valence-corrected chi connectivity index (χ1v) is 8.95. The van der Waals surface area contributed by atoms with Gasteiger partial charge in [-0.05, 0) is 54.4 Å². The molecule has 2 heterocycles. The Morgan fingerprint density at radius 1 is 1.05 bits per heavy atom. The summed E-state index contributed by atoms with van der Waals surface area (Å²) in [4.78, 5) is 0.491. The Bertz CT molecular complexity index is 641. The van der Waals surface area contributed by atoms with E-state index in [9.17, 15) is 8.42 Å². The minimum atomic E-state index is -3.28. The van der Waals surface area contributed by atoms with Gasteiger partial charge in [0.2, 0.25) is 10.0 Å². The molecule has 2 bridgehead atoms. The van der Waals surface area contributed by atoms with Crippen molar-refractivity contribution >= 4 is 22.4 Å². The van der Waals surface area contributed by atoms with Crippen LogP contribution in [0.1, 0.15) is 42.2 Å². The minimum absolute atomic E-state index is 0. The number of hydrogen-bond donors (Lipinski definition) is 1. The maximum atomic E-state index is 12.6. The molecule has 3 aliphatic rings. The Morgan fingerprint density at radius 3 is 2.43 bits per heavy atom. The predicted octanol–water partition coefficient (Wildman–Crippen LogP) is 2.07. The van der Waals surface area contributed by atoms with Crippen molar-refractivity contribution in [2.24, 2.45) is 0 Å². The van der Waals surface area contributed by atoms with Crippen LogP contribution in [0.25, 0.3) is 0 Å². The van der Waals surface area contributed by atoms with E-state index in [1.54, 1.807) is 4.31 Å². The van der Waals surface area contributed by atoms with Crippen LogP contribution in [0.3, 0.4) is 0 Å². The summed E-state index contributed by atoms with van der Waals surface area (Å²) in [5, 5.41) is 3.45. The van der Waals surface area contributed by atoms with Gasteiger partial charge >= 0.3 is 0 Å².